The van der Waals surface area contributed by atoms with Gasteiger partial charge in [-0.15, -0.1) is 0 Å². The third kappa shape index (κ3) is 6.00. The fourth-order valence-electron chi connectivity index (χ4n) is 3.78. The summed E-state index contributed by atoms with van der Waals surface area (Å²) in [4.78, 5) is 18.2. The summed E-state index contributed by atoms with van der Waals surface area (Å²) in [7, 11) is 2.10. The number of nitrogens with zero attached hydrogens (tertiary/aromatic N) is 3. The first-order valence-electron chi connectivity index (χ1n) is 9.60. The van der Waals surface area contributed by atoms with Gasteiger partial charge in [0.1, 0.15) is 0 Å². The molecule has 2 N–H and O–H groups in total. The molecule has 9 heteroatoms. The second kappa shape index (κ2) is 8.57. The minimum absolute atomic E-state index is 0.216. The van der Waals surface area contributed by atoms with Gasteiger partial charge in [-0.1, -0.05) is 0 Å². The van der Waals surface area contributed by atoms with Crippen LogP contribution in [0, 0.1) is 6.92 Å². The number of hydrogen-bond acceptors (Lipinski definition) is 4. The second-order valence-corrected chi connectivity index (χ2v) is 7.78. The Balaban J connectivity index is 1.54. The largest absolute Gasteiger partial charge is 0.401 e. The van der Waals surface area contributed by atoms with Crippen molar-refractivity contribution in [1.82, 2.24) is 15.1 Å². The lowest BCUT2D eigenvalue weighted by Gasteiger charge is -2.34. The summed E-state index contributed by atoms with van der Waals surface area (Å²) in [5.41, 5.74) is 2.81. The van der Waals surface area contributed by atoms with E-state index in [1.165, 1.54) is 4.90 Å². The second-order valence-electron chi connectivity index (χ2n) is 7.78. The van der Waals surface area contributed by atoms with Gasteiger partial charge in [0.05, 0.1) is 6.54 Å². The number of likely N-dealkylation sites (N-methyl/N-ethyl adjacent to an activating group) is 1. The highest BCUT2D eigenvalue weighted by atomic mass is 19.4. The molecule has 2 amide bonds. The van der Waals surface area contributed by atoms with Gasteiger partial charge >= 0.3 is 12.2 Å². The Hall–Kier alpha value is -2.00. The zero-order valence-electron chi connectivity index (χ0n) is 16.4. The van der Waals surface area contributed by atoms with Crippen LogP contribution in [0.15, 0.2) is 18.2 Å². The van der Waals surface area contributed by atoms with Crippen molar-refractivity contribution in [1.29, 1.82) is 0 Å². The third-order valence-corrected chi connectivity index (χ3v) is 5.20. The summed E-state index contributed by atoms with van der Waals surface area (Å²) in [6.07, 6.45) is -3.69. The molecule has 0 unspecified atom stereocenters. The smallest absolute Gasteiger partial charge is 0.369 e. The number of aryl methyl sites for hydroxylation is 1. The normalized spacial score (nSPS) is 21.8. The van der Waals surface area contributed by atoms with Crippen LogP contribution < -0.4 is 15.5 Å². The molecule has 0 saturated carbocycles. The molecular formula is C19H28F3N5O. The van der Waals surface area contributed by atoms with Crippen molar-refractivity contribution in [3.05, 3.63) is 23.8 Å². The Morgan fingerprint density at radius 3 is 2.54 bits per heavy atom. The lowest BCUT2D eigenvalue weighted by atomic mass is 10.1. The number of hydrogen-bond donors (Lipinski definition) is 2. The molecule has 0 aliphatic carbocycles. The predicted octanol–water partition coefficient (Wildman–Crippen LogP) is 2.50. The number of amides is 2. The first-order valence-corrected chi connectivity index (χ1v) is 9.60. The van der Waals surface area contributed by atoms with E-state index in [1.54, 1.807) is 0 Å². The summed E-state index contributed by atoms with van der Waals surface area (Å²) in [5, 5.41) is 5.62. The Bertz CT molecular complexity index is 689. The highest BCUT2D eigenvalue weighted by Gasteiger charge is 2.34. The van der Waals surface area contributed by atoms with Crippen molar-refractivity contribution in [3.8, 4) is 0 Å². The highest BCUT2D eigenvalue weighted by molar-refractivity contribution is 5.90. The van der Waals surface area contributed by atoms with Crippen LogP contribution in [0.4, 0.5) is 29.3 Å². The van der Waals surface area contributed by atoms with Crippen LogP contribution in [0.3, 0.4) is 0 Å². The SMILES string of the molecule is Cc1cc(NC(=O)N[C@@H]2CCN(CC(F)(F)F)C2)cc(N2CCN(C)CC2)c1. The van der Waals surface area contributed by atoms with Crippen molar-refractivity contribution in [2.75, 3.05) is 63.1 Å². The van der Waals surface area contributed by atoms with Crippen LogP contribution in [0.25, 0.3) is 0 Å². The highest BCUT2D eigenvalue weighted by Crippen LogP contribution is 2.24. The van der Waals surface area contributed by atoms with Gasteiger partial charge in [0.15, 0.2) is 0 Å². The van der Waals surface area contributed by atoms with Gasteiger partial charge in [0.2, 0.25) is 0 Å². The first kappa shape index (κ1) is 20.7. The molecule has 1 atom stereocenters. The fraction of sp³-hybridized carbons (Fsp3) is 0.632. The van der Waals surface area contributed by atoms with E-state index < -0.39 is 12.7 Å². The summed E-state index contributed by atoms with van der Waals surface area (Å²) in [6, 6.07) is 5.28. The lowest BCUT2D eigenvalue weighted by Crippen LogP contribution is -2.44. The molecule has 1 aromatic carbocycles. The number of rotatable bonds is 4. The lowest BCUT2D eigenvalue weighted by molar-refractivity contribution is -0.143. The topological polar surface area (TPSA) is 50.9 Å². The Labute approximate surface area is 163 Å². The standard InChI is InChI=1S/C19H28F3N5O/c1-14-9-16(11-17(10-14)27-7-5-25(2)6-8-27)24-18(28)23-15-3-4-26(12-15)13-19(20,21)22/h9-11,15H,3-8,12-13H2,1-2H3,(H2,23,24,28)/t15-/m1/s1. The van der Waals surface area contributed by atoms with Gasteiger partial charge in [0.25, 0.3) is 0 Å². The van der Waals surface area contributed by atoms with Crippen molar-refractivity contribution in [3.63, 3.8) is 0 Å². The number of halogens is 3. The van der Waals surface area contributed by atoms with E-state index in [1.807, 2.05) is 19.1 Å². The zero-order valence-corrected chi connectivity index (χ0v) is 16.4. The van der Waals surface area contributed by atoms with Gasteiger partial charge in [0, 0.05) is 56.7 Å². The number of likely N-dealkylation sites (tertiary alicyclic amines) is 1. The van der Waals surface area contributed by atoms with Crippen molar-refractivity contribution in [2.45, 2.75) is 25.6 Å². The van der Waals surface area contributed by atoms with Crippen LogP contribution in [-0.2, 0) is 0 Å². The number of carbonyl (C=O) groups is 1. The summed E-state index contributed by atoms with van der Waals surface area (Å²) >= 11 is 0. The molecule has 0 radical (unpaired) electrons. The average Bonchev–Trinajstić information content (AvgIpc) is 2.99. The molecule has 156 valence electrons. The molecule has 2 aliphatic heterocycles. The Morgan fingerprint density at radius 1 is 1.14 bits per heavy atom. The number of carbonyl (C=O) groups excluding carboxylic acids is 1. The molecule has 0 bridgehead atoms. The molecule has 28 heavy (non-hydrogen) atoms. The van der Waals surface area contributed by atoms with E-state index in [-0.39, 0.29) is 18.6 Å². The molecule has 6 nitrogen and oxygen atoms in total. The number of nitrogens with one attached hydrogen (secondary N) is 2. The van der Waals surface area contributed by atoms with Crippen LogP contribution in [-0.4, -0.2) is 80.9 Å². The minimum atomic E-state index is -4.21. The van der Waals surface area contributed by atoms with E-state index in [2.05, 4.69) is 33.5 Å². The molecule has 1 aromatic rings. The van der Waals surface area contributed by atoms with E-state index in [0.29, 0.717) is 18.7 Å². The number of piperazine rings is 1. The maximum Gasteiger partial charge on any atom is 0.401 e. The molecule has 0 spiro atoms. The molecule has 2 aliphatic rings. The van der Waals surface area contributed by atoms with Crippen molar-refractivity contribution >= 4 is 17.4 Å². The number of urea groups is 1. The summed E-state index contributed by atoms with van der Waals surface area (Å²) in [5.74, 6) is 0. The maximum atomic E-state index is 12.5. The number of anilines is 2. The van der Waals surface area contributed by atoms with Gasteiger partial charge < -0.3 is 20.4 Å². The zero-order chi connectivity index (χ0) is 20.3. The van der Waals surface area contributed by atoms with Crippen molar-refractivity contribution < 1.29 is 18.0 Å². The van der Waals surface area contributed by atoms with Crippen LogP contribution >= 0.6 is 0 Å². The van der Waals surface area contributed by atoms with Crippen LogP contribution in [0.5, 0.6) is 0 Å². The fourth-order valence-corrected chi connectivity index (χ4v) is 3.78. The minimum Gasteiger partial charge on any atom is -0.369 e. The Kier molecular flexibility index (Phi) is 6.34. The third-order valence-electron chi connectivity index (χ3n) is 5.20. The molecule has 3 rings (SSSR count). The van der Waals surface area contributed by atoms with Gasteiger partial charge in [-0.2, -0.15) is 13.2 Å². The molecule has 2 saturated heterocycles. The first-order chi connectivity index (χ1) is 13.2. The Morgan fingerprint density at radius 2 is 1.86 bits per heavy atom. The molecule has 0 aromatic heterocycles. The van der Waals surface area contributed by atoms with E-state index in [9.17, 15) is 18.0 Å². The maximum absolute atomic E-state index is 12.5. The van der Waals surface area contributed by atoms with Crippen LogP contribution in [0.2, 0.25) is 0 Å². The quantitative estimate of drug-likeness (QED) is 0.817. The van der Waals surface area contributed by atoms with Gasteiger partial charge in [-0.25, -0.2) is 4.79 Å². The summed E-state index contributed by atoms with van der Waals surface area (Å²) < 4.78 is 37.5. The number of alkyl halides is 3. The molecule has 2 fully saturated rings. The van der Waals surface area contributed by atoms with Gasteiger partial charge in [-0.05, 0) is 44.2 Å². The molecule has 2 heterocycles. The average molecular weight is 399 g/mol. The predicted molar refractivity (Wildman–Crippen MR) is 104 cm³/mol. The van der Waals surface area contributed by atoms with Crippen molar-refractivity contribution in [2.24, 2.45) is 0 Å². The monoisotopic (exact) mass is 399 g/mol. The van der Waals surface area contributed by atoms with Crippen LogP contribution in [0.1, 0.15) is 12.0 Å². The number of benzene rings is 1. The molecular weight excluding hydrogens is 371 g/mol. The van der Waals surface area contributed by atoms with E-state index in [4.69, 9.17) is 0 Å². The van der Waals surface area contributed by atoms with E-state index >= 15 is 0 Å². The summed E-state index contributed by atoms with van der Waals surface area (Å²) in [6.45, 7) is 5.45. The van der Waals surface area contributed by atoms with Gasteiger partial charge in [-0.3, -0.25) is 4.90 Å². The van der Waals surface area contributed by atoms with E-state index in [0.717, 1.165) is 37.4 Å².